The van der Waals surface area contributed by atoms with E-state index in [0.29, 0.717) is 0 Å². The molecule has 0 heterocycles. The van der Waals surface area contributed by atoms with Crippen molar-refractivity contribution in [2.45, 2.75) is 27.7 Å². The number of aliphatic imine (C=N–C) groups is 1. The minimum absolute atomic E-state index is 0.233. The molecular weight excluding hydrogens is 230 g/mol. The first-order chi connectivity index (χ1) is 8.90. The molecule has 19 heavy (non-hydrogen) atoms. The minimum atomic E-state index is 0.233. The second kappa shape index (κ2) is 6.89. The highest BCUT2D eigenvalue weighted by Gasteiger charge is 2.07. The zero-order valence-electron chi connectivity index (χ0n) is 12.4. The molecule has 1 rings (SSSR count). The van der Waals surface area contributed by atoms with E-state index in [1.807, 2.05) is 38.1 Å². The van der Waals surface area contributed by atoms with Crippen molar-refractivity contribution in [1.82, 2.24) is 0 Å². The second-order valence-corrected chi connectivity index (χ2v) is 5.07. The van der Waals surface area contributed by atoms with Crippen LogP contribution in [0.4, 0.5) is 5.69 Å². The summed E-state index contributed by atoms with van der Waals surface area (Å²) in [4.78, 5) is 4.65. The molecular formula is C18H23N. The van der Waals surface area contributed by atoms with Crippen LogP contribution in [0.25, 0.3) is 0 Å². The highest BCUT2D eigenvalue weighted by atomic mass is 14.7. The maximum Gasteiger partial charge on any atom is 0.0629 e. The van der Waals surface area contributed by atoms with E-state index in [-0.39, 0.29) is 5.92 Å². The van der Waals surface area contributed by atoms with Gasteiger partial charge in [0.15, 0.2) is 0 Å². The highest BCUT2D eigenvalue weighted by molar-refractivity contribution is 5.89. The Labute approximate surface area is 117 Å². The van der Waals surface area contributed by atoms with Crippen molar-refractivity contribution < 1.29 is 0 Å². The summed E-state index contributed by atoms with van der Waals surface area (Å²) >= 11 is 0. The van der Waals surface area contributed by atoms with Crippen LogP contribution in [0, 0.1) is 12.8 Å². The highest BCUT2D eigenvalue weighted by Crippen LogP contribution is 2.18. The summed E-state index contributed by atoms with van der Waals surface area (Å²) < 4.78 is 0. The van der Waals surface area contributed by atoms with Crippen molar-refractivity contribution in [3.63, 3.8) is 0 Å². The van der Waals surface area contributed by atoms with Gasteiger partial charge in [0.2, 0.25) is 0 Å². The summed E-state index contributed by atoms with van der Waals surface area (Å²) in [6, 6.07) is 8.23. The van der Waals surface area contributed by atoms with Crippen LogP contribution in [0.2, 0.25) is 0 Å². The Morgan fingerprint density at radius 1 is 1.11 bits per heavy atom. The predicted octanol–water partition coefficient (Wildman–Crippen LogP) is 5.41. The molecule has 1 atom stereocenters. The Morgan fingerprint density at radius 2 is 1.68 bits per heavy atom. The van der Waals surface area contributed by atoms with Crippen LogP contribution in [-0.2, 0) is 0 Å². The molecule has 0 N–H and O–H groups in total. The Kier molecular flexibility index (Phi) is 5.50. The average Bonchev–Trinajstić information content (AvgIpc) is 2.37. The van der Waals surface area contributed by atoms with Crippen molar-refractivity contribution in [3.8, 4) is 0 Å². The number of nitrogens with zero attached hydrogens (tertiary/aromatic N) is 1. The molecule has 0 radical (unpaired) electrons. The normalized spacial score (nSPS) is 13.6. The van der Waals surface area contributed by atoms with E-state index < -0.39 is 0 Å². The van der Waals surface area contributed by atoms with Gasteiger partial charge >= 0.3 is 0 Å². The SMILES string of the molecule is C=C(C)/C=C\C(=C)C(C)C(C)=Nc1ccc(C)cc1. The molecule has 0 fully saturated rings. The topological polar surface area (TPSA) is 12.4 Å². The van der Waals surface area contributed by atoms with Gasteiger partial charge in [0.25, 0.3) is 0 Å². The van der Waals surface area contributed by atoms with Gasteiger partial charge in [0.1, 0.15) is 0 Å². The van der Waals surface area contributed by atoms with E-state index in [1.54, 1.807) is 0 Å². The summed E-state index contributed by atoms with van der Waals surface area (Å²) in [6.45, 7) is 16.2. The number of allylic oxidation sites excluding steroid dienone is 4. The first-order valence-corrected chi connectivity index (χ1v) is 6.54. The van der Waals surface area contributed by atoms with Gasteiger partial charge in [0, 0.05) is 11.6 Å². The number of aryl methyl sites for hydroxylation is 1. The maximum atomic E-state index is 4.65. The first-order valence-electron chi connectivity index (χ1n) is 6.54. The first kappa shape index (κ1) is 15.2. The Balaban J connectivity index is 2.81. The van der Waals surface area contributed by atoms with Crippen molar-refractivity contribution in [2.24, 2.45) is 10.9 Å². The van der Waals surface area contributed by atoms with E-state index in [0.717, 1.165) is 22.5 Å². The summed E-state index contributed by atoms with van der Waals surface area (Å²) in [5.41, 5.74) is 5.39. The zero-order valence-corrected chi connectivity index (χ0v) is 12.4. The van der Waals surface area contributed by atoms with Gasteiger partial charge in [-0.05, 0) is 38.5 Å². The molecule has 1 aromatic rings. The van der Waals surface area contributed by atoms with Gasteiger partial charge < -0.3 is 0 Å². The second-order valence-electron chi connectivity index (χ2n) is 5.07. The Hall–Kier alpha value is -1.89. The lowest BCUT2D eigenvalue weighted by molar-refractivity contribution is 0.942. The molecule has 1 aromatic carbocycles. The summed E-state index contributed by atoms with van der Waals surface area (Å²) in [5.74, 6) is 0.233. The third kappa shape index (κ3) is 5.09. The molecule has 0 aliphatic rings. The van der Waals surface area contributed by atoms with E-state index in [2.05, 4.69) is 44.1 Å². The monoisotopic (exact) mass is 253 g/mol. The molecule has 1 unspecified atom stereocenters. The van der Waals surface area contributed by atoms with E-state index in [4.69, 9.17) is 0 Å². The van der Waals surface area contributed by atoms with Crippen LogP contribution in [0.5, 0.6) is 0 Å². The van der Waals surface area contributed by atoms with Gasteiger partial charge in [-0.2, -0.15) is 0 Å². The van der Waals surface area contributed by atoms with Crippen LogP contribution in [0.3, 0.4) is 0 Å². The molecule has 0 amide bonds. The Morgan fingerprint density at radius 3 is 2.21 bits per heavy atom. The van der Waals surface area contributed by atoms with E-state index in [9.17, 15) is 0 Å². The molecule has 0 saturated carbocycles. The van der Waals surface area contributed by atoms with Crippen LogP contribution in [-0.4, -0.2) is 5.71 Å². The third-order valence-electron chi connectivity index (χ3n) is 3.10. The standard InChI is InChI=1S/C18H23N/c1-13(2)7-10-15(4)16(5)17(6)19-18-11-8-14(3)9-12-18/h7-12,16H,1,4H2,2-3,5-6H3/b10-7-,19-17?. The molecule has 0 aliphatic carbocycles. The number of rotatable bonds is 5. The molecule has 0 bridgehead atoms. The maximum absolute atomic E-state index is 4.65. The van der Waals surface area contributed by atoms with Crippen molar-refractivity contribution in [3.05, 3.63) is 66.3 Å². The van der Waals surface area contributed by atoms with Gasteiger partial charge in [-0.3, -0.25) is 4.99 Å². The molecule has 0 spiro atoms. The zero-order chi connectivity index (χ0) is 14.4. The predicted molar refractivity (Wildman–Crippen MR) is 86.2 cm³/mol. The van der Waals surface area contributed by atoms with Crippen molar-refractivity contribution in [1.29, 1.82) is 0 Å². The van der Waals surface area contributed by atoms with Crippen LogP contribution < -0.4 is 0 Å². The molecule has 0 aromatic heterocycles. The fourth-order valence-corrected chi connectivity index (χ4v) is 1.58. The lowest BCUT2D eigenvalue weighted by Gasteiger charge is -2.11. The van der Waals surface area contributed by atoms with Gasteiger partial charge in [-0.15, -0.1) is 0 Å². The van der Waals surface area contributed by atoms with Gasteiger partial charge in [-0.1, -0.05) is 55.5 Å². The van der Waals surface area contributed by atoms with Crippen LogP contribution >= 0.6 is 0 Å². The largest absolute Gasteiger partial charge is 0.258 e. The van der Waals surface area contributed by atoms with Crippen LogP contribution in [0.15, 0.2) is 65.7 Å². The Bertz CT molecular complexity index is 515. The van der Waals surface area contributed by atoms with E-state index in [1.165, 1.54) is 5.56 Å². The number of hydrogen-bond donors (Lipinski definition) is 0. The summed E-state index contributed by atoms with van der Waals surface area (Å²) in [5, 5.41) is 0. The van der Waals surface area contributed by atoms with E-state index >= 15 is 0 Å². The molecule has 1 nitrogen and oxygen atoms in total. The number of hydrogen-bond acceptors (Lipinski definition) is 1. The quantitative estimate of drug-likeness (QED) is 0.491. The fraction of sp³-hybridized carbons (Fsp3) is 0.278. The third-order valence-corrected chi connectivity index (χ3v) is 3.10. The fourth-order valence-electron chi connectivity index (χ4n) is 1.58. The lowest BCUT2D eigenvalue weighted by atomic mass is 9.97. The van der Waals surface area contributed by atoms with Crippen LogP contribution in [0.1, 0.15) is 26.3 Å². The minimum Gasteiger partial charge on any atom is -0.258 e. The molecule has 0 saturated heterocycles. The lowest BCUT2D eigenvalue weighted by Crippen LogP contribution is -2.07. The smallest absolute Gasteiger partial charge is 0.0629 e. The average molecular weight is 253 g/mol. The molecule has 100 valence electrons. The van der Waals surface area contributed by atoms with Crippen molar-refractivity contribution in [2.75, 3.05) is 0 Å². The molecule has 1 heteroatoms. The summed E-state index contributed by atoms with van der Waals surface area (Å²) in [6.07, 6.45) is 4.00. The van der Waals surface area contributed by atoms with Gasteiger partial charge in [0.05, 0.1) is 5.69 Å². The summed E-state index contributed by atoms with van der Waals surface area (Å²) in [7, 11) is 0. The molecule has 0 aliphatic heterocycles. The number of benzene rings is 1. The van der Waals surface area contributed by atoms with Gasteiger partial charge in [-0.25, -0.2) is 0 Å². The van der Waals surface area contributed by atoms with Crippen molar-refractivity contribution >= 4 is 11.4 Å².